The molecule has 0 saturated carbocycles. The van der Waals surface area contributed by atoms with Gasteiger partial charge in [-0.25, -0.2) is 4.79 Å². The summed E-state index contributed by atoms with van der Waals surface area (Å²) >= 11 is 6.15. The Morgan fingerprint density at radius 3 is 2.42 bits per heavy atom. The van der Waals surface area contributed by atoms with Crippen LogP contribution in [0.1, 0.15) is 25.5 Å². The van der Waals surface area contributed by atoms with E-state index in [-0.39, 0.29) is 0 Å². The van der Waals surface area contributed by atoms with Gasteiger partial charge in [0.2, 0.25) is 0 Å². The highest BCUT2D eigenvalue weighted by Crippen LogP contribution is 2.37. The van der Waals surface area contributed by atoms with Gasteiger partial charge in [-0.15, -0.1) is 0 Å². The SMILES string of the molecule is CCOc1ccc([C@H]2NC(=O)NC(C)=C2C(=O)Nc2cc(OC)c(Cl)cc2OC)cc1. The minimum absolute atomic E-state index is 0.353. The van der Waals surface area contributed by atoms with Gasteiger partial charge in [0.15, 0.2) is 0 Å². The Hall–Kier alpha value is -3.39. The second kappa shape index (κ2) is 9.61. The largest absolute Gasteiger partial charge is 0.495 e. The van der Waals surface area contributed by atoms with Crippen molar-refractivity contribution in [3.63, 3.8) is 0 Å². The summed E-state index contributed by atoms with van der Waals surface area (Å²) in [5.74, 6) is 1.06. The third-order valence-electron chi connectivity index (χ3n) is 4.76. The van der Waals surface area contributed by atoms with Gasteiger partial charge in [0.1, 0.15) is 17.2 Å². The summed E-state index contributed by atoms with van der Waals surface area (Å²) in [6.45, 7) is 4.12. The number of nitrogens with one attached hydrogen (secondary N) is 3. The van der Waals surface area contributed by atoms with E-state index in [0.29, 0.717) is 45.8 Å². The van der Waals surface area contributed by atoms with Crippen molar-refractivity contribution in [3.8, 4) is 17.2 Å². The summed E-state index contributed by atoms with van der Waals surface area (Å²) in [4.78, 5) is 25.4. The smallest absolute Gasteiger partial charge is 0.319 e. The molecule has 31 heavy (non-hydrogen) atoms. The van der Waals surface area contributed by atoms with Crippen molar-refractivity contribution in [3.05, 3.63) is 58.3 Å². The number of ether oxygens (including phenoxy) is 3. The van der Waals surface area contributed by atoms with Crippen LogP contribution in [0.4, 0.5) is 10.5 Å². The number of rotatable bonds is 7. The highest BCUT2D eigenvalue weighted by molar-refractivity contribution is 6.32. The predicted octanol–water partition coefficient (Wildman–Crippen LogP) is 4.02. The standard InChI is InChI=1S/C22H24ClN3O5/c1-5-31-14-8-6-13(7-9-14)20-19(12(2)24-22(28)26-20)21(27)25-16-11-17(29-3)15(23)10-18(16)30-4/h6-11,20H,5H2,1-4H3,(H,25,27)(H2,24,26,28)/t20-/m1/s1. The Bertz CT molecular complexity index is 1020. The first kappa shape index (κ1) is 22.3. The van der Waals surface area contributed by atoms with Gasteiger partial charge in [0.25, 0.3) is 5.91 Å². The molecule has 1 aliphatic rings. The summed E-state index contributed by atoms with van der Waals surface area (Å²) in [5.41, 5.74) is 1.93. The molecule has 1 heterocycles. The fourth-order valence-electron chi connectivity index (χ4n) is 3.32. The van der Waals surface area contributed by atoms with E-state index in [0.717, 1.165) is 5.56 Å². The first-order valence-electron chi connectivity index (χ1n) is 9.61. The number of amides is 3. The van der Waals surface area contributed by atoms with Gasteiger partial charge in [-0.05, 0) is 31.5 Å². The number of urea groups is 1. The zero-order chi connectivity index (χ0) is 22.5. The topological polar surface area (TPSA) is 97.9 Å². The van der Waals surface area contributed by atoms with E-state index in [2.05, 4.69) is 16.0 Å². The van der Waals surface area contributed by atoms with Crippen molar-refractivity contribution in [2.75, 3.05) is 26.1 Å². The fourth-order valence-corrected chi connectivity index (χ4v) is 3.55. The average Bonchev–Trinajstić information content (AvgIpc) is 2.74. The molecular weight excluding hydrogens is 422 g/mol. The second-order valence-corrected chi connectivity index (χ2v) is 7.12. The number of allylic oxidation sites excluding steroid dienone is 1. The maximum absolute atomic E-state index is 13.3. The van der Waals surface area contributed by atoms with Crippen LogP contribution in [0.25, 0.3) is 0 Å². The molecule has 8 nitrogen and oxygen atoms in total. The van der Waals surface area contributed by atoms with Crippen LogP contribution in [-0.4, -0.2) is 32.8 Å². The molecular formula is C22H24ClN3O5. The molecule has 0 aliphatic carbocycles. The molecule has 0 radical (unpaired) electrons. The Morgan fingerprint density at radius 2 is 1.81 bits per heavy atom. The monoisotopic (exact) mass is 445 g/mol. The van der Waals surface area contributed by atoms with E-state index in [4.69, 9.17) is 25.8 Å². The predicted molar refractivity (Wildman–Crippen MR) is 118 cm³/mol. The molecule has 2 aromatic rings. The molecule has 0 fully saturated rings. The van der Waals surface area contributed by atoms with Crippen molar-refractivity contribution in [1.82, 2.24) is 10.6 Å². The number of halogens is 1. The molecule has 9 heteroatoms. The van der Waals surface area contributed by atoms with Crippen molar-refractivity contribution < 1.29 is 23.8 Å². The van der Waals surface area contributed by atoms with Crippen LogP contribution in [0.15, 0.2) is 47.7 Å². The summed E-state index contributed by atoms with van der Waals surface area (Å²) in [6.07, 6.45) is 0. The molecule has 0 unspecified atom stereocenters. The number of anilines is 1. The lowest BCUT2D eigenvalue weighted by Gasteiger charge is -2.29. The molecule has 3 amide bonds. The molecule has 1 aliphatic heterocycles. The number of methoxy groups -OCH3 is 2. The Kier molecular flexibility index (Phi) is 6.91. The average molecular weight is 446 g/mol. The van der Waals surface area contributed by atoms with Gasteiger partial charge in [-0.2, -0.15) is 0 Å². The molecule has 3 rings (SSSR count). The summed E-state index contributed by atoms with van der Waals surface area (Å²) < 4.78 is 16.0. The normalized spacial score (nSPS) is 15.6. The van der Waals surface area contributed by atoms with E-state index < -0.39 is 18.0 Å². The van der Waals surface area contributed by atoms with Gasteiger partial charge in [0.05, 0.1) is 43.2 Å². The Balaban J connectivity index is 1.95. The molecule has 0 bridgehead atoms. The summed E-state index contributed by atoms with van der Waals surface area (Å²) in [5, 5.41) is 8.65. The molecule has 164 valence electrons. The van der Waals surface area contributed by atoms with Crippen LogP contribution in [-0.2, 0) is 4.79 Å². The first-order chi connectivity index (χ1) is 14.9. The van der Waals surface area contributed by atoms with Gasteiger partial charge in [-0.1, -0.05) is 23.7 Å². The van der Waals surface area contributed by atoms with Crippen molar-refractivity contribution in [1.29, 1.82) is 0 Å². The van der Waals surface area contributed by atoms with E-state index in [9.17, 15) is 9.59 Å². The summed E-state index contributed by atoms with van der Waals surface area (Å²) in [6, 6.07) is 9.32. The maximum Gasteiger partial charge on any atom is 0.319 e. The quantitative estimate of drug-likeness (QED) is 0.598. The molecule has 2 aromatic carbocycles. The van der Waals surface area contributed by atoms with Gasteiger partial charge in [0, 0.05) is 17.8 Å². The van der Waals surface area contributed by atoms with Crippen LogP contribution in [0.5, 0.6) is 17.2 Å². The third-order valence-corrected chi connectivity index (χ3v) is 5.06. The lowest BCUT2D eigenvalue weighted by molar-refractivity contribution is -0.113. The van der Waals surface area contributed by atoms with E-state index >= 15 is 0 Å². The number of carbonyl (C=O) groups is 2. The maximum atomic E-state index is 13.3. The van der Waals surface area contributed by atoms with Gasteiger partial charge in [-0.3, -0.25) is 4.79 Å². The minimum Gasteiger partial charge on any atom is -0.495 e. The van der Waals surface area contributed by atoms with Gasteiger partial charge < -0.3 is 30.2 Å². The minimum atomic E-state index is -0.649. The molecule has 0 aromatic heterocycles. The highest BCUT2D eigenvalue weighted by atomic mass is 35.5. The first-order valence-corrected chi connectivity index (χ1v) is 9.99. The second-order valence-electron chi connectivity index (χ2n) is 6.71. The van der Waals surface area contributed by atoms with Crippen LogP contribution in [0, 0.1) is 0 Å². The van der Waals surface area contributed by atoms with Crippen LogP contribution in [0.3, 0.4) is 0 Å². The lowest BCUT2D eigenvalue weighted by atomic mass is 9.94. The molecule has 0 spiro atoms. The number of benzene rings is 2. The Morgan fingerprint density at radius 1 is 1.13 bits per heavy atom. The number of hydrogen-bond donors (Lipinski definition) is 3. The third kappa shape index (κ3) is 4.86. The highest BCUT2D eigenvalue weighted by Gasteiger charge is 2.31. The van der Waals surface area contributed by atoms with Crippen LogP contribution >= 0.6 is 11.6 Å². The molecule has 0 saturated heterocycles. The summed E-state index contributed by atoms with van der Waals surface area (Å²) in [7, 11) is 2.96. The van der Waals surface area contributed by atoms with E-state index in [1.54, 1.807) is 31.2 Å². The van der Waals surface area contributed by atoms with Gasteiger partial charge >= 0.3 is 6.03 Å². The van der Waals surface area contributed by atoms with Crippen molar-refractivity contribution in [2.24, 2.45) is 0 Å². The molecule has 3 N–H and O–H groups in total. The lowest BCUT2D eigenvalue weighted by Crippen LogP contribution is -2.45. The zero-order valence-electron chi connectivity index (χ0n) is 17.7. The van der Waals surface area contributed by atoms with E-state index in [1.165, 1.54) is 14.2 Å². The zero-order valence-corrected chi connectivity index (χ0v) is 18.4. The molecule has 1 atom stereocenters. The fraction of sp³-hybridized carbons (Fsp3) is 0.273. The van der Waals surface area contributed by atoms with E-state index in [1.807, 2.05) is 19.1 Å². The van der Waals surface area contributed by atoms with Crippen molar-refractivity contribution in [2.45, 2.75) is 19.9 Å². The van der Waals surface area contributed by atoms with Crippen molar-refractivity contribution >= 4 is 29.2 Å². The van der Waals surface area contributed by atoms with Crippen LogP contribution < -0.4 is 30.2 Å². The van der Waals surface area contributed by atoms with Crippen LogP contribution in [0.2, 0.25) is 5.02 Å². The number of hydrogen-bond acceptors (Lipinski definition) is 5. The number of carbonyl (C=O) groups excluding carboxylic acids is 2. The Labute approximate surface area is 185 Å².